The van der Waals surface area contributed by atoms with Crippen LogP contribution < -0.4 is 4.90 Å². The predicted molar refractivity (Wildman–Crippen MR) is 124 cm³/mol. The average Bonchev–Trinajstić information content (AvgIpc) is 3.33. The first-order chi connectivity index (χ1) is 14.3. The number of halogens is 1. The van der Waals surface area contributed by atoms with Crippen LogP contribution in [0.25, 0.3) is 22.2 Å². The molecule has 0 N–H and O–H groups in total. The lowest BCUT2D eigenvalue weighted by molar-refractivity contribution is 0.122. The van der Waals surface area contributed by atoms with E-state index >= 15 is 0 Å². The Bertz CT molecular complexity index is 1130. The lowest BCUT2D eigenvalue weighted by Gasteiger charge is -2.29. The summed E-state index contributed by atoms with van der Waals surface area (Å²) in [4.78, 5) is 20.4. The molecular weight excluding hydrogens is 497 g/mol. The molecule has 146 valence electrons. The molecule has 0 radical (unpaired) electrons. The van der Waals surface area contributed by atoms with E-state index in [1.54, 1.807) is 17.7 Å². The second-order valence-electron chi connectivity index (χ2n) is 6.76. The molecular formula is C21H18IN5OS. The van der Waals surface area contributed by atoms with Crippen molar-refractivity contribution in [3.05, 3.63) is 65.1 Å². The molecule has 6 nitrogen and oxygen atoms in total. The van der Waals surface area contributed by atoms with Gasteiger partial charge in [0.05, 0.1) is 28.3 Å². The van der Waals surface area contributed by atoms with Crippen molar-refractivity contribution in [1.82, 2.24) is 19.9 Å². The zero-order valence-corrected chi connectivity index (χ0v) is 18.5. The molecule has 1 unspecified atom stereocenters. The largest absolute Gasteiger partial charge is 0.378 e. The van der Waals surface area contributed by atoms with Crippen LogP contribution in [-0.4, -0.2) is 46.2 Å². The highest BCUT2D eigenvalue weighted by atomic mass is 127. The molecule has 0 amide bonds. The van der Waals surface area contributed by atoms with Gasteiger partial charge in [0.1, 0.15) is 11.3 Å². The molecule has 1 fully saturated rings. The number of alkyl halides is 1. The molecule has 0 aliphatic carbocycles. The van der Waals surface area contributed by atoms with Crippen molar-refractivity contribution in [2.45, 2.75) is 3.92 Å². The monoisotopic (exact) mass is 515 g/mol. The Morgan fingerprint density at radius 2 is 1.97 bits per heavy atom. The fourth-order valence-electron chi connectivity index (χ4n) is 3.52. The number of thiazole rings is 1. The van der Waals surface area contributed by atoms with Crippen LogP contribution in [0, 0.1) is 0 Å². The Morgan fingerprint density at radius 3 is 2.79 bits per heavy atom. The van der Waals surface area contributed by atoms with Crippen molar-refractivity contribution < 1.29 is 4.74 Å². The maximum absolute atomic E-state index is 5.46. The van der Waals surface area contributed by atoms with E-state index in [1.165, 1.54) is 5.69 Å². The number of benzene rings is 1. The summed E-state index contributed by atoms with van der Waals surface area (Å²) >= 11 is 4.07. The Hall–Kier alpha value is -2.17. The molecule has 0 spiro atoms. The van der Waals surface area contributed by atoms with Crippen LogP contribution in [0.3, 0.4) is 0 Å². The molecule has 8 heteroatoms. The Balaban J connectivity index is 1.52. The van der Waals surface area contributed by atoms with Crippen LogP contribution >= 0.6 is 33.9 Å². The van der Waals surface area contributed by atoms with Gasteiger partial charge in [0, 0.05) is 53.7 Å². The van der Waals surface area contributed by atoms with E-state index in [1.807, 2.05) is 24.0 Å². The normalized spacial score (nSPS) is 15.6. The minimum Gasteiger partial charge on any atom is -0.378 e. The highest BCUT2D eigenvalue weighted by molar-refractivity contribution is 14.1. The lowest BCUT2D eigenvalue weighted by atomic mass is 10.0. The van der Waals surface area contributed by atoms with E-state index in [2.05, 4.69) is 71.7 Å². The standard InChI is InChI=1S/C21H18IN5OS/c22-19(21-24-3-8-29-21)14-9-15(12-23-11-14)20-17-2-1-16(10-18(17)25-13-26-20)27-4-6-28-7-5-27/h1-3,8-13,19H,4-7H2. The average molecular weight is 515 g/mol. The summed E-state index contributed by atoms with van der Waals surface area (Å²) in [7, 11) is 0. The van der Waals surface area contributed by atoms with E-state index in [4.69, 9.17) is 4.74 Å². The SMILES string of the molecule is IC(c1cncc(-c2ncnc3cc(N4CCOCC4)ccc23)c1)c1nccs1. The molecule has 1 saturated heterocycles. The zero-order valence-electron chi connectivity index (χ0n) is 15.5. The summed E-state index contributed by atoms with van der Waals surface area (Å²) in [6.45, 7) is 3.34. The van der Waals surface area contributed by atoms with Crippen LogP contribution in [0.5, 0.6) is 0 Å². The van der Waals surface area contributed by atoms with Gasteiger partial charge in [-0.3, -0.25) is 4.98 Å². The number of pyridine rings is 1. The summed E-state index contributed by atoms with van der Waals surface area (Å²) in [5, 5.41) is 4.11. The number of rotatable bonds is 4. The molecule has 1 atom stereocenters. The van der Waals surface area contributed by atoms with Gasteiger partial charge in [-0.2, -0.15) is 0 Å². The Morgan fingerprint density at radius 1 is 1.07 bits per heavy atom. The third-order valence-electron chi connectivity index (χ3n) is 4.99. The van der Waals surface area contributed by atoms with Gasteiger partial charge in [0.25, 0.3) is 0 Å². The van der Waals surface area contributed by atoms with Crippen LogP contribution in [0.15, 0.2) is 54.6 Å². The number of nitrogens with zero attached hydrogens (tertiary/aromatic N) is 5. The third-order valence-corrected chi connectivity index (χ3v) is 7.56. The number of hydrogen-bond acceptors (Lipinski definition) is 7. The van der Waals surface area contributed by atoms with E-state index in [-0.39, 0.29) is 3.92 Å². The molecule has 1 aromatic carbocycles. The molecule has 29 heavy (non-hydrogen) atoms. The van der Waals surface area contributed by atoms with Gasteiger partial charge in [-0.15, -0.1) is 11.3 Å². The molecule has 1 aliphatic heterocycles. The third kappa shape index (κ3) is 3.84. The molecule has 1 aliphatic rings. The lowest BCUT2D eigenvalue weighted by Crippen LogP contribution is -2.36. The summed E-state index contributed by atoms with van der Waals surface area (Å²) in [5.74, 6) is 0. The Labute approximate surface area is 186 Å². The van der Waals surface area contributed by atoms with Gasteiger partial charge in [-0.1, -0.05) is 22.6 Å². The minimum atomic E-state index is 0.168. The van der Waals surface area contributed by atoms with Crippen LogP contribution in [0.1, 0.15) is 14.5 Å². The number of anilines is 1. The summed E-state index contributed by atoms with van der Waals surface area (Å²) in [6, 6.07) is 8.56. The van der Waals surface area contributed by atoms with Crippen LogP contribution in [0.2, 0.25) is 0 Å². The highest BCUT2D eigenvalue weighted by Crippen LogP contribution is 2.35. The fourth-order valence-corrected chi connectivity index (χ4v) is 5.10. The van der Waals surface area contributed by atoms with Gasteiger partial charge in [-0.05, 0) is 29.8 Å². The minimum absolute atomic E-state index is 0.168. The first-order valence-corrected chi connectivity index (χ1v) is 11.5. The number of hydrogen-bond donors (Lipinski definition) is 0. The van der Waals surface area contributed by atoms with Crippen LogP contribution in [0.4, 0.5) is 5.69 Å². The van der Waals surface area contributed by atoms with E-state index in [0.29, 0.717) is 0 Å². The van der Waals surface area contributed by atoms with Gasteiger partial charge < -0.3 is 9.64 Å². The van der Waals surface area contributed by atoms with E-state index in [9.17, 15) is 0 Å². The van der Waals surface area contributed by atoms with Crippen molar-refractivity contribution in [2.24, 2.45) is 0 Å². The number of fused-ring (bicyclic) bond motifs is 1. The summed E-state index contributed by atoms with van der Waals surface area (Å²) < 4.78 is 5.63. The highest BCUT2D eigenvalue weighted by Gasteiger charge is 2.16. The molecule has 4 aromatic rings. The quantitative estimate of drug-likeness (QED) is 0.295. The smallest absolute Gasteiger partial charge is 0.116 e. The van der Waals surface area contributed by atoms with Crippen molar-refractivity contribution in [3.8, 4) is 11.3 Å². The van der Waals surface area contributed by atoms with Gasteiger partial charge >= 0.3 is 0 Å². The zero-order chi connectivity index (χ0) is 19.6. The van der Waals surface area contributed by atoms with Crippen molar-refractivity contribution in [1.29, 1.82) is 0 Å². The molecule has 5 rings (SSSR count). The summed E-state index contributed by atoms with van der Waals surface area (Å²) in [5.41, 5.74) is 5.13. The Kier molecular flexibility index (Phi) is 5.38. The van der Waals surface area contributed by atoms with Crippen molar-refractivity contribution >= 4 is 50.5 Å². The molecule has 0 saturated carbocycles. The van der Waals surface area contributed by atoms with Gasteiger partial charge in [-0.25, -0.2) is 15.0 Å². The maximum Gasteiger partial charge on any atom is 0.116 e. The van der Waals surface area contributed by atoms with Gasteiger partial charge in [0.15, 0.2) is 0 Å². The topological polar surface area (TPSA) is 64.0 Å². The van der Waals surface area contributed by atoms with Crippen LogP contribution in [-0.2, 0) is 4.74 Å². The van der Waals surface area contributed by atoms with E-state index in [0.717, 1.165) is 59.0 Å². The number of morpholine rings is 1. The molecule has 0 bridgehead atoms. The fraction of sp³-hybridized carbons (Fsp3) is 0.238. The molecule has 3 aromatic heterocycles. The van der Waals surface area contributed by atoms with E-state index < -0.39 is 0 Å². The first kappa shape index (κ1) is 18.8. The number of aromatic nitrogens is 4. The summed E-state index contributed by atoms with van der Waals surface area (Å²) in [6.07, 6.45) is 7.25. The first-order valence-electron chi connectivity index (χ1n) is 9.36. The second-order valence-corrected chi connectivity index (χ2v) is 8.93. The van der Waals surface area contributed by atoms with Gasteiger partial charge in [0.2, 0.25) is 0 Å². The maximum atomic E-state index is 5.46. The van der Waals surface area contributed by atoms with Crippen molar-refractivity contribution in [2.75, 3.05) is 31.2 Å². The predicted octanol–water partition coefficient (Wildman–Crippen LogP) is 4.51. The number of ether oxygens (including phenoxy) is 1. The second kappa shape index (κ2) is 8.29. The van der Waals surface area contributed by atoms with Crippen molar-refractivity contribution in [3.63, 3.8) is 0 Å². The molecule has 4 heterocycles.